The van der Waals surface area contributed by atoms with Gasteiger partial charge in [-0.25, -0.2) is 8.42 Å². The van der Waals surface area contributed by atoms with Gasteiger partial charge in [0.2, 0.25) is 9.05 Å². The maximum Gasteiger partial charge on any atom is 0.238 e. The van der Waals surface area contributed by atoms with Crippen molar-refractivity contribution < 1.29 is 8.42 Å². The third kappa shape index (κ3) is 1.94. The fraction of sp³-hybridized carbons (Fsp3) is 0.750. The predicted molar refractivity (Wildman–Crippen MR) is 49.4 cm³/mol. The number of halogens is 1. The molecule has 0 saturated heterocycles. The summed E-state index contributed by atoms with van der Waals surface area (Å²) in [5, 5.41) is 0. The Morgan fingerprint density at radius 3 is 2.42 bits per heavy atom. The number of terminal acetylenes is 1. The standard InChI is InChI=1S/C8H11ClO2S/c1-2-3-4-5-8(6-7-8)12(9,10)11/h1H,3-7H2. The van der Waals surface area contributed by atoms with Gasteiger partial charge in [0.05, 0.1) is 4.75 Å². The first-order valence-electron chi connectivity index (χ1n) is 3.89. The normalized spacial score (nSPS) is 20.0. The molecule has 0 heterocycles. The Bertz CT molecular complexity index is 296. The van der Waals surface area contributed by atoms with Gasteiger partial charge in [0, 0.05) is 17.1 Å². The summed E-state index contributed by atoms with van der Waals surface area (Å²) in [6, 6.07) is 0. The highest BCUT2D eigenvalue weighted by Crippen LogP contribution is 2.49. The molecule has 1 aliphatic rings. The SMILES string of the molecule is C#CCCCC1(S(=O)(=O)Cl)CC1. The van der Waals surface area contributed by atoms with Crippen LogP contribution < -0.4 is 0 Å². The first-order chi connectivity index (χ1) is 5.52. The highest BCUT2D eigenvalue weighted by atomic mass is 35.7. The fourth-order valence-corrected chi connectivity index (χ4v) is 2.94. The largest absolute Gasteiger partial charge is 0.238 e. The lowest BCUT2D eigenvalue weighted by Gasteiger charge is -2.08. The first kappa shape index (κ1) is 9.88. The van der Waals surface area contributed by atoms with Crippen LogP contribution in [-0.4, -0.2) is 13.2 Å². The van der Waals surface area contributed by atoms with Crippen molar-refractivity contribution in [2.75, 3.05) is 0 Å². The molecular weight excluding hydrogens is 196 g/mol. The highest BCUT2D eigenvalue weighted by molar-refractivity contribution is 8.15. The van der Waals surface area contributed by atoms with E-state index in [1.54, 1.807) is 0 Å². The monoisotopic (exact) mass is 206 g/mol. The van der Waals surface area contributed by atoms with Gasteiger partial charge in [-0.2, -0.15) is 0 Å². The van der Waals surface area contributed by atoms with Gasteiger partial charge in [-0.05, 0) is 25.7 Å². The first-order valence-corrected chi connectivity index (χ1v) is 6.20. The average Bonchev–Trinajstić information content (AvgIpc) is 2.67. The van der Waals surface area contributed by atoms with Crippen LogP contribution in [0.2, 0.25) is 0 Å². The molecule has 0 N–H and O–H groups in total. The second-order valence-electron chi connectivity index (χ2n) is 3.18. The van der Waals surface area contributed by atoms with E-state index in [-0.39, 0.29) is 0 Å². The lowest BCUT2D eigenvalue weighted by atomic mass is 10.2. The van der Waals surface area contributed by atoms with Crippen molar-refractivity contribution in [1.82, 2.24) is 0 Å². The fourth-order valence-electron chi connectivity index (χ4n) is 1.27. The van der Waals surface area contributed by atoms with Gasteiger partial charge in [-0.3, -0.25) is 0 Å². The van der Waals surface area contributed by atoms with E-state index in [0.717, 1.165) is 6.42 Å². The Labute approximate surface area is 77.7 Å². The quantitative estimate of drug-likeness (QED) is 0.400. The third-order valence-corrected chi connectivity index (χ3v) is 4.91. The van der Waals surface area contributed by atoms with Crippen LogP contribution in [0.1, 0.15) is 32.1 Å². The van der Waals surface area contributed by atoms with E-state index < -0.39 is 13.8 Å². The van der Waals surface area contributed by atoms with Gasteiger partial charge >= 0.3 is 0 Å². The van der Waals surface area contributed by atoms with E-state index in [4.69, 9.17) is 17.1 Å². The van der Waals surface area contributed by atoms with Crippen molar-refractivity contribution in [2.24, 2.45) is 0 Å². The third-order valence-electron chi connectivity index (χ3n) is 2.28. The second-order valence-corrected chi connectivity index (χ2v) is 6.14. The summed E-state index contributed by atoms with van der Waals surface area (Å²) in [6.45, 7) is 0. The molecule has 1 rings (SSSR count). The van der Waals surface area contributed by atoms with Crippen LogP contribution in [0, 0.1) is 12.3 Å². The van der Waals surface area contributed by atoms with Gasteiger partial charge in [0.25, 0.3) is 0 Å². The van der Waals surface area contributed by atoms with Crippen molar-refractivity contribution in [3.63, 3.8) is 0 Å². The molecule has 68 valence electrons. The average molecular weight is 207 g/mol. The predicted octanol–water partition coefficient (Wildman–Crippen LogP) is 1.89. The Morgan fingerprint density at radius 1 is 1.50 bits per heavy atom. The van der Waals surface area contributed by atoms with Crippen molar-refractivity contribution in [3.05, 3.63) is 0 Å². The summed E-state index contributed by atoms with van der Waals surface area (Å²) in [5.74, 6) is 2.48. The van der Waals surface area contributed by atoms with Crippen molar-refractivity contribution >= 4 is 19.7 Å². The van der Waals surface area contributed by atoms with E-state index in [1.165, 1.54) is 0 Å². The zero-order valence-corrected chi connectivity index (χ0v) is 8.29. The van der Waals surface area contributed by atoms with E-state index in [1.807, 2.05) is 0 Å². The Morgan fingerprint density at radius 2 is 2.08 bits per heavy atom. The summed E-state index contributed by atoms with van der Waals surface area (Å²) in [4.78, 5) is 0. The summed E-state index contributed by atoms with van der Waals surface area (Å²) >= 11 is 0. The molecule has 0 aliphatic heterocycles. The molecule has 0 unspecified atom stereocenters. The van der Waals surface area contributed by atoms with Crippen molar-refractivity contribution in [2.45, 2.75) is 36.9 Å². The summed E-state index contributed by atoms with van der Waals surface area (Å²) < 4.78 is 21.4. The van der Waals surface area contributed by atoms with E-state index in [9.17, 15) is 8.42 Å². The minimum atomic E-state index is -3.37. The molecule has 2 nitrogen and oxygen atoms in total. The van der Waals surface area contributed by atoms with Crippen LogP contribution >= 0.6 is 10.7 Å². The van der Waals surface area contributed by atoms with Crippen LogP contribution in [0.15, 0.2) is 0 Å². The molecule has 0 radical (unpaired) electrons. The Balaban J connectivity index is 2.48. The molecule has 0 aromatic rings. The van der Waals surface area contributed by atoms with Gasteiger partial charge in [0.15, 0.2) is 0 Å². The molecular formula is C8H11ClO2S. The number of rotatable bonds is 4. The van der Waals surface area contributed by atoms with Crippen LogP contribution in [-0.2, 0) is 9.05 Å². The second kappa shape index (κ2) is 3.27. The van der Waals surface area contributed by atoms with Gasteiger partial charge < -0.3 is 0 Å². The minimum Gasteiger partial charge on any atom is -0.212 e. The highest BCUT2D eigenvalue weighted by Gasteiger charge is 2.52. The van der Waals surface area contributed by atoms with Gasteiger partial charge in [0.1, 0.15) is 0 Å². The lowest BCUT2D eigenvalue weighted by Crippen LogP contribution is -2.17. The van der Waals surface area contributed by atoms with Crippen LogP contribution in [0.3, 0.4) is 0 Å². The van der Waals surface area contributed by atoms with Crippen LogP contribution in [0.5, 0.6) is 0 Å². The molecule has 4 heteroatoms. The molecule has 0 aromatic carbocycles. The molecule has 0 aromatic heterocycles. The molecule has 0 atom stereocenters. The van der Waals surface area contributed by atoms with Crippen molar-refractivity contribution in [3.8, 4) is 12.3 Å². The number of hydrogen-bond acceptors (Lipinski definition) is 2. The molecule has 0 bridgehead atoms. The zero-order valence-electron chi connectivity index (χ0n) is 6.72. The van der Waals surface area contributed by atoms with Gasteiger partial charge in [-0.15, -0.1) is 12.3 Å². The summed E-state index contributed by atoms with van der Waals surface area (Å²) in [5.41, 5.74) is 0. The van der Waals surface area contributed by atoms with E-state index >= 15 is 0 Å². The minimum absolute atomic E-state index is 0.614. The number of unbranched alkanes of at least 4 members (excludes halogenated alkanes) is 1. The van der Waals surface area contributed by atoms with Crippen LogP contribution in [0.25, 0.3) is 0 Å². The molecule has 1 aliphatic carbocycles. The Kier molecular flexibility index (Phi) is 2.70. The topological polar surface area (TPSA) is 34.1 Å². The maximum atomic E-state index is 11.0. The summed E-state index contributed by atoms with van der Waals surface area (Å²) in [6.07, 6.45) is 8.45. The molecule has 1 fully saturated rings. The molecule has 0 amide bonds. The lowest BCUT2D eigenvalue weighted by molar-refractivity contribution is 0.577. The van der Waals surface area contributed by atoms with Gasteiger partial charge in [-0.1, -0.05) is 0 Å². The molecule has 0 spiro atoms. The van der Waals surface area contributed by atoms with Crippen molar-refractivity contribution in [1.29, 1.82) is 0 Å². The van der Waals surface area contributed by atoms with Crippen LogP contribution in [0.4, 0.5) is 0 Å². The summed E-state index contributed by atoms with van der Waals surface area (Å²) in [7, 11) is 1.92. The van der Waals surface area contributed by atoms with E-state index in [0.29, 0.717) is 25.7 Å². The Hall–Kier alpha value is -0.200. The molecule has 1 saturated carbocycles. The maximum absolute atomic E-state index is 11.0. The smallest absolute Gasteiger partial charge is 0.212 e. The molecule has 12 heavy (non-hydrogen) atoms. The number of hydrogen-bond donors (Lipinski definition) is 0. The van der Waals surface area contributed by atoms with E-state index in [2.05, 4.69) is 5.92 Å². The zero-order chi connectivity index (χ0) is 9.24.